The monoisotopic (exact) mass is 455 g/mol. The molecule has 164 valence electrons. The summed E-state index contributed by atoms with van der Waals surface area (Å²) in [5.74, 6) is 0.980. The zero-order valence-corrected chi connectivity index (χ0v) is 20.1. The summed E-state index contributed by atoms with van der Waals surface area (Å²) in [5, 5.41) is 3.68. The lowest BCUT2D eigenvalue weighted by Crippen LogP contribution is -2.45. The predicted octanol–water partition coefficient (Wildman–Crippen LogP) is 4.27. The van der Waals surface area contributed by atoms with Crippen LogP contribution in [-0.4, -0.2) is 47.5 Å². The number of aromatic nitrogens is 2. The molecule has 1 fully saturated rings. The van der Waals surface area contributed by atoms with Gasteiger partial charge in [0.15, 0.2) is 11.0 Å². The van der Waals surface area contributed by atoms with E-state index in [0.29, 0.717) is 17.7 Å². The van der Waals surface area contributed by atoms with E-state index in [1.807, 2.05) is 52.2 Å². The van der Waals surface area contributed by atoms with E-state index in [1.165, 1.54) is 24.6 Å². The van der Waals surface area contributed by atoms with Crippen LogP contribution in [0, 0.1) is 5.41 Å². The van der Waals surface area contributed by atoms with E-state index in [2.05, 4.69) is 15.2 Å². The van der Waals surface area contributed by atoms with Crippen molar-refractivity contribution in [1.29, 1.82) is 0 Å². The van der Waals surface area contributed by atoms with Gasteiger partial charge in [0.1, 0.15) is 10.7 Å². The van der Waals surface area contributed by atoms with E-state index < -0.39 is 5.41 Å². The van der Waals surface area contributed by atoms with E-state index in [4.69, 9.17) is 17.2 Å². The van der Waals surface area contributed by atoms with E-state index in [0.717, 1.165) is 39.8 Å². The molecule has 1 aliphatic heterocycles. The number of amides is 1. The Labute approximate surface area is 193 Å². The van der Waals surface area contributed by atoms with Crippen LogP contribution in [0.1, 0.15) is 45.1 Å². The van der Waals surface area contributed by atoms with Crippen LogP contribution in [0.5, 0.6) is 0 Å². The number of benzene rings is 1. The van der Waals surface area contributed by atoms with Crippen molar-refractivity contribution in [3.63, 3.8) is 0 Å². The van der Waals surface area contributed by atoms with Gasteiger partial charge in [-0.3, -0.25) is 4.79 Å². The van der Waals surface area contributed by atoms with Gasteiger partial charge in [-0.15, -0.1) is 0 Å². The number of nitrogens with one attached hydrogen (secondary N) is 1. The van der Waals surface area contributed by atoms with Gasteiger partial charge in [-0.2, -0.15) is 0 Å². The van der Waals surface area contributed by atoms with E-state index in [1.54, 1.807) is 11.1 Å². The van der Waals surface area contributed by atoms with Crippen LogP contribution in [0.2, 0.25) is 0 Å². The van der Waals surface area contributed by atoms with Crippen LogP contribution in [0.15, 0.2) is 40.5 Å². The van der Waals surface area contributed by atoms with Gasteiger partial charge in [-0.05, 0) is 50.6 Å². The Kier molecular flexibility index (Phi) is 6.21. The van der Waals surface area contributed by atoms with Crippen LogP contribution in [0.4, 0.5) is 11.5 Å². The van der Waals surface area contributed by atoms with Crippen molar-refractivity contribution in [2.75, 3.05) is 30.4 Å². The lowest BCUT2D eigenvalue weighted by Gasteiger charge is -2.34. The predicted molar refractivity (Wildman–Crippen MR) is 130 cm³/mol. The number of carbonyl (C=O) groups excluding carboxylic acids is 1. The van der Waals surface area contributed by atoms with Crippen LogP contribution in [-0.2, 0) is 4.79 Å². The Morgan fingerprint density at radius 3 is 2.55 bits per heavy atom. The van der Waals surface area contributed by atoms with E-state index in [9.17, 15) is 4.79 Å². The third-order valence-electron chi connectivity index (χ3n) is 6.13. The summed E-state index contributed by atoms with van der Waals surface area (Å²) in [6.07, 6.45) is 6.55. The Bertz CT molecular complexity index is 986. The minimum atomic E-state index is -0.479. The first-order chi connectivity index (χ1) is 14.8. The van der Waals surface area contributed by atoms with Crippen LogP contribution in [0.25, 0.3) is 0 Å². The molecule has 1 N–H and O–H groups in total. The maximum Gasteiger partial charge on any atom is 0.234 e. The van der Waals surface area contributed by atoms with E-state index in [-0.39, 0.29) is 5.91 Å². The van der Waals surface area contributed by atoms with Gasteiger partial charge >= 0.3 is 0 Å². The first kappa shape index (κ1) is 22.0. The summed E-state index contributed by atoms with van der Waals surface area (Å²) in [6.45, 7) is 4.73. The summed E-state index contributed by atoms with van der Waals surface area (Å²) in [6, 6.07) is 8.50. The third-order valence-corrected chi connectivity index (χ3v) is 7.46. The first-order valence-corrected chi connectivity index (χ1v) is 11.9. The molecule has 4 rings (SSSR count). The number of fused-ring (bicyclic) bond motifs is 1. The van der Waals surface area contributed by atoms with Gasteiger partial charge in [0, 0.05) is 37.1 Å². The lowest BCUT2D eigenvalue weighted by atomic mass is 9.91. The standard InChI is InChI=1S/C23H29N5OS2/c1-23(2)14-28(16-7-5-6-8-16)19-18(27(4)21(23)29)13-25-22(26-19)31-17-11-9-15(10-12-17)20(30)24-3/h9-13,16H,5-8,14H2,1-4H3,(H,24,30). The quantitative estimate of drug-likeness (QED) is 0.545. The maximum absolute atomic E-state index is 13.1. The maximum atomic E-state index is 13.1. The third kappa shape index (κ3) is 4.41. The van der Waals surface area contributed by atoms with Gasteiger partial charge < -0.3 is 15.1 Å². The van der Waals surface area contributed by atoms with Crippen molar-refractivity contribution in [2.45, 2.75) is 55.6 Å². The summed E-state index contributed by atoms with van der Waals surface area (Å²) >= 11 is 6.82. The van der Waals surface area contributed by atoms with Gasteiger partial charge in [0.05, 0.1) is 11.6 Å². The van der Waals surface area contributed by atoms with E-state index >= 15 is 0 Å². The molecule has 1 saturated carbocycles. The van der Waals surface area contributed by atoms with Crippen LogP contribution in [0.3, 0.4) is 0 Å². The highest BCUT2D eigenvalue weighted by atomic mass is 32.2. The molecule has 2 heterocycles. The topological polar surface area (TPSA) is 61.4 Å². The number of rotatable bonds is 4. The molecule has 1 aromatic heterocycles. The molecule has 31 heavy (non-hydrogen) atoms. The largest absolute Gasteiger partial charge is 0.379 e. The summed E-state index contributed by atoms with van der Waals surface area (Å²) < 4.78 is 0. The van der Waals surface area contributed by atoms with Crippen molar-refractivity contribution in [2.24, 2.45) is 5.41 Å². The van der Waals surface area contributed by atoms with Crippen LogP contribution >= 0.6 is 24.0 Å². The highest BCUT2D eigenvalue weighted by molar-refractivity contribution is 7.99. The molecule has 1 amide bonds. The number of nitrogens with zero attached hydrogens (tertiary/aromatic N) is 4. The smallest absolute Gasteiger partial charge is 0.234 e. The second-order valence-corrected chi connectivity index (χ2v) is 10.3. The zero-order chi connectivity index (χ0) is 22.2. The fourth-order valence-electron chi connectivity index (χ4n) is 4.42. The highest BCUT2D eigenvalue weighted by Crippen LogP contribution is 2.41. The molecule has 0 spiro atoms. The van der Waals surface area contributed by atoms with Crippen molar-refractivity contribution in [3.05, 3.63) is 36.0 Å². The molecule has 6 nitrogen and oxygen atoms in total. The number of carbonyl (C=O) groups is 1. The second-order valence-electron chi connectivity index (χ2n) is 8.88. The highest BCUT2D eigenvalue weighted by Gasteiger charge is 2.41. The fourth-order valence-corrected chi connectivity index (χ4v) is 5.28. The van der Waals surface area contributed by atoms with Crippen molar-refractivity contribution in [1.82, 2.24) is 15.3 Å². The average molecular weight is 456 g/mol. The van der Waals surface area contributed by atoms with Crippen molar-refractivity contribution >= 4 is 46.4 Å². The zero-order valence-electron chi connectivity index (χ0n) is 18.5. The summed E-state index contributed by atoms with van der Waals surface area (Å²) in [5.41, 5.74) is 1.30. The van der Waals surface area contributed by atoms with Crippen molar-refractivity contribution in [3.8, 4) is 0 Å². The fraction of sp³-hybridized carbons (Fsp3) is 0.478. The van der Waals surface area contributed by atoms with Gasteiger partial charge in [-0.1, -0.05) is 37.2 Å². The Morgan fingerprint density at radius 2 is 1.90 bits per heavy atom. The average Bonchev–Trinajstić information content (AvgIpc) is 3.29. The lowest BCUT2D eigenvalue weighted by molar-refractivity contribution is -0.125. The van der Waals surface area contributed by atoms with Gasteiger partial charge in [0.2, 0.25) is 5.91 Å². The SMILES string of the molecule is CNC(=S)c1ccc(Sc2ncc3c(n2)N(C2CCCC2)CC(C)(C)C(=O)N3C)cc1. The number of thiocarbonyl (C=S) groups is 1. The first-order valence-electron chi connectivity index (χ1n) is 10.7. The Balaban J connectivity index is 1.67. The molecule has 1 aromatic carbocycles. The molecule has 0 atom stereocenters. The number of hydrogen-bond donors (Lipinski definition) is 1. The summed E-state index contributed by atoms with van der Waals surface area (Å²) in [4.78, 5) is 28.5. The molecular weight excluding hydrogens is 426 g/mol. The van der Waals surface area contributed by atoms with Gasteiger partial charge in [-0.25, -0.2) is 9.97 Å². The minimum absolute atomic E-state index is 0.106. The van der Waals surface area contributed by atoms with Crippen molar-refractivity contribution < 1.29 is 4.79 Å². The molecule has 0 radical (unpaired) electrons. The minimum Gasteiger partial charge on any atom is -0.379 e. The van der Waals surface area contributed by atoms with Gasteiger partial charge in [0.25, 0.3) is 0 Å². The number of anilines is 2. The normalized spacial score (nSPS) is 18.6. The summed E-state index contributed by atoms with van der Waals surface area (Å²) in [7, 11) is 3.66. The molecule has 2 aliphatic rings. The number of hydrogen-bond acceptors (Lipinski definition) is 6. The Hall–Kier alpha value is -2.19. The molecule has 1 aliphatic carbocycles. The molecular formula is C23H29N5OS2. The molecule has 0 unspecified atom stereocenters. The van der Waals surface area contributed by atoms with Crippen LogP contribution < -0.4 is 15.1 Å². The molecule has 8 heteroatoms. The second kappa shape index (κ2) is 8.74. The molecule has 0 saturated heterocycles. The molecule has 2 aromatic rings. The Morgan fingerprint density at radius 1 is 1.23 bits per heavy atom. The molecule has 0 bridgehead atoms.